The SMILES string of the molecule is Nc1c(NNc2ccccc2)ncnc1Oc1cccc2cccnc12. The van der Waals surface area contributed by atoms with E-state index in [1.54, 1.807) is 6.20 Å². The zero-order valence-electron chi connectivity index (χ0n) is 13.8. The first kappa shape index (κ1) is 15.6. The number of para-hydroxylation sites is 2. The van der Waals surface area contributed by atoms with E-state index in [4.69, 9.17) is 10.5 Å². The van der Waals surface area contributed by atoms with Crippen molar-refractivity contribution in [2.75, 3.05) is 16.6 Å². The van der Waals surface area contributed by atoms with Gasteiger partial charge in [-0.1, -0.05) is 36.4 Å². The number of nitrogens with zero attached hydrogens (tertiary/aromatic N) is 3. The fourth-order valence-electron chi connectivity index (χ4n) is 2.48. The van der Waals surface area contributed by atoms with Crippen molar-refractivity contribution in [3.05, 3.63) is 73.2 Å². The highest BCUT2D eigenvalue weighted by Crippen LogP contribution is 2.32. The van der Waals surface area contributed by atoms with Gasteiger partial charge in [0.2, 0.25) is 5.88 Å². The predicted molar refractivity (Wildman–Crippen MR) is 102 cm³/mol. The normalized spacial score (nSPS) is 10.5. The Hall–Kier alpha value is -3.87. The maximum absolute atomic E-state index is 6.17. The number of nitrogens with one attached hydrogen (secondary N) is 2. The van der Waals surface area contributed by atoms with Crippen molar-refractivity contribution in [3.63, 3.8) is 0 Å². The monoisotopic (exact) mass is 344 g/mol. The molecular formula is C19H16N6O. The molecule has 2 aromatic carbocycles. The lowest BCUT2D eigenvalue weighted by molar-refractivity contribution is 0.469. The van der Waals surface area contributed by atoms with E-state index in [2.05, 4.69) is 25.8 Å². The Bertz CT molecular complexity index is 1030. The lowest BCUT2D eigenvalue weighted by atomic mass is 10.2. The van der Waals surface area contributed by atoms with Gasteiger partial charge in [0.1, 0.15) is 17.5 Å². The van der Waals surface area contributed by atoms with E-state index in [0.717, 1.165) is 16.6 Å². The third-order valence-corrected chi connectivity index (χ3v) is 3.75. The Balaban J connectivity index is 1.59. The van der Waals surface area contributed by atoms with E-state index in [1.165, 1.54) is 6.33 Å². The van der Waals surface area contributed by atoms with Gasteiger partial charge in [0.15, 0.2) is 11.6 Å². The Morgan fingerprint density at radius 3 is 2.54 bits per heavy atom. The number of anilines is 3. The summed E-state index contributed by atoms with van der Waals surface area (Å²) in [5, 5.41) is 0.974. The molecule has 0 saturated heterocycles. The molecule has 0 aliphatic carbocycles. The minimum atomic E-state index is 0.260. The highest BCUT2D eigenvalue weighted by molar-refractivity contribution is 5.84. The van der Waals surface area contributed by atoms with Crippen LogP contribution in [0.5, 0.6) is 11.6 Å². The van der Waals surface area contributed by atoms with Gasteiger partial charge in [-0.05, 0) is 24.3 Å². The van der Waals surface area contributed by atoms with Crippen molar-refractivity contribution >= 4 is 28.1 Å². The molecule has 128 valence electrons. The first-order valence-electron chi connectivity index (χ1n) is 8.00. The third-order valence-electron chi connectivity index (χ3n) is 3.75. The predicted octanol–water partition coefficient (Wildman–Crippen LogP) is 3.84. The van der Waals surface area contributed by atoms with Gasteiger partial charge in [0, 0.05) is 11.6 Å². The van der Waals surface area contributed by atoms with Crippen molar-refractivity contribution < 1.29 is 4.74 Å². The van der Waals surface area contributed by atoms with E-state index in [9.17, 15) is 0 Å². The van der Waals surface area contributed by atoms with Crippen LogP contribution in [0.4, 0.5) is 17.2 Å². The zero-order chi connectivity index (χ0) is 17.8. The minimum absolute atomic E-state index is 0.260. The summed E-state index contributed by atoms with van der Waals surface area (Å²) >= 11 is 0. The molecule has 0 aliphatic rings. The maximum Gasteiger partial charge on any atom is 0.248 e. The number of hydrogen-bond acceptors (Lipinski definition) is 7. The van der Waals surface area contributed by atoms with Gasteiger partial charge in [0.25, 0.3) is 0 Å². The topological polar surface area (TPSA) is 98.0 Å². The number of ether oxygens (including phenoxy) is 1. The van der Waals surface area contributed by atoms with Crippen LogP contribution >= 0.6 is 0 Å². The minimum Gasteiger partial charge on any atom is -0.435 e. The summed E-state index contributed by atoms with van der Waals surface area (Å²) in [5.41, 5.74) is 14.1. The molecule has 4 rings (SSSR count). The standard InChI is InChI=1S/C19H16N6O/c20-16-18(25-24-14-8-2-1-3-9-14)22-12-23-19(16)26-15-10-4-6-13-7-5-11-21-17(13)15/h1-12,24H,20H2,(H,22,23,25). The van der Waals surface area contributed by atoms with Gasteiger partial charge >= 0.3 is 0 Å². The van der Waals surface area contributed by atoms with Gasteiger partial charge in [-0.15, -0.1) is 0 Å². The summed E-state index contributed by atoms with van der Waals surface area (Å²) in [7, 11) is 0. The molecule has 0 spiro atoms. The number of pyridine rings is 1. The van der Waals surface area contributed by atoms with Crippen LogP contribution in [0.2, 0.25) is 0 Å². The lowest BCUT2D eigenvalue weighted by Gasteiger charge is -2.13. The molecule has 26 heavy (non-hydrogen) atoms. The summed E-state index contributed by atoms with van der Waals surface area (Å²) in [6.07, 6.45) is 3.11. The van der Waals surface area contributed by atoms with Crippen LogP contribution in [0.1, 0.15) is 0 Å². The summed E-state index contributed by atoms with van der Waals surface area (Å²) in [6, 6.07) is 19.2. The molecule has 0 saturated carbocycles. The van der Waals surface area contributed by atoms with Gasteiger partial charge in [0.05, 0.1) is 5.69 Å². The van der Waals surface area contributed by atoms with Crippen LogP contribution in [-0.2, 0) is 0 Å². The first-order chi connectivity index (χ1) is 12.8. The lowest BCUT2D eigenvalue weighted by Crippen LogP contribution is -2.12. The number of nitrogens with two attached hydrogens (primary N) is 1. The van der Waals surface area contributed by atoms with Crippen LogP contribution in [-0.4, -0.2) is 15.0 Å². The number of hydrogen-bond donors (Lipinski definition) is 3. The molecule has 7 heteroatoms. The number of nitrogen functional groups attached to an aromatic ring is 1. The second-order valence-corrected chi connectivity index (χ2v) is 5.49. The fourth-order valence-corrected chi connectivity index (χ4v) is 2.48. The zero-order valence-corrected chi connectivity index (χ0v) is 13.8. The molecule has 2 aromatic heterocycles. The van der Waals surface area contributed by atoms with Crippen LogP contribution in [0.3, 0.4) is 0 Å². The van der Waals surface area contributed by atoms with Gasteiger partial charge in [-0.25, -0.2) is 4.98 Å². The molecule has 0 aliphatic heterocycles. The fraction of sp³-hybridized carbons (Fsp3) is 0. The molecule has 7 nitrogen and oxygen atoms in total. The van der Waals surface area contributed by atoms with Crippen molar-refractivity contribution in [2.24, 2.45) is 0 Å². The van der Waals surface area contributed by atoms with Crippen LogP contribution in [0.25, 0.3) is 10.9 Å². The third kappa shape index (κ3) is 3.18. The second kappa shape index (κ2) is 6.94. The summed E-state index contributed by atoms with van der Waals surface area (Å²) in [6.45, 7) is 0. The highest BCUT2D eigenvalue weighted by Gasteiger charge is 2.12. The molecule has 0 radical (unpaired) electrons. The van der Waals surface area contributed by atoms with Crippen LogP contribution < -0.4 is 21.3 Å². The van der Waals surface area contributed by atoms with E-state index < -0.39 is 0 Å². The van der Waals surface area contributed by atoms with E-state index in [-0.39, 0.29) is 5.88 Å². The Labute approximate surface area is 149 Å². The van der Waals surface area contributed by atoms with Gasteiger partial charge in [-0.3, -0.25) is 15.8 Å². The number of hydrazine groups is 1. The highest BCUT2D eigenvalue weighted by atomic mass is 16.5. The van der Waals surface area contributed by atoms with Crippen molar-refractivity contribution in [2.45, 2.75) is 0 Å². The molecule has 2 heterocycles. The summed E-state index contributed by atoms with van der Waals surface area (Å²) < 4.78 is 5.91. The maximum atomic E-state index is 6.17. The number of benzene rings is 2. The molecule has 0 fully saturated rings. The largest absolute Gasteiger partial charge is 0.435 e. The Kier molecular flexibility index (Phi) is 4.17. The Morgan fingerprint density at radius 2 is 1.65 bits per heavy atom. The Morgan fingerprint density at radius 1 is 0.808 bits per heavy atom. The molecule has 0 bridgehead atoms. The van der Waals surface area contributed by atoms with Crippen LogP contribution in [0.15, 0.2) is 73.2 Å². The summed E-state index contributed by atoms with van der Waals surface area (Å²) in [5.74, 6) is 1.26. The molecule has 0 unspecified atom stereocenters. The summed E-state index contributed by atoms with van der Waals surface area (Å²) in [4.78, 5) is 12.7. The van der Waals surface area contributed by atoms with Crippen molar-refractivity contribution in [1.82, 2.24) is 15.0 Å². The average Bonchev–Trinajstić information content (AvgIpc) is 2.70. The number of aromatic nitrogens is 3. The molecule has 4 N–H and O–H groups in total. The smallest absolute Gasteiger partial charge is 0.248 e. The quantitative estimate of drug-likeness (QED) is 0.473. The second-order valence-electron chi connectivity index (χ2n) is 5.49. The van der Waals surface area contributed by atoms with E-state index in [1.807, 2.05) is 60.7 Å². The molecule has 0 amide bonds. The van der Waals surface area contributed by atoms with Crippen molar-refractivity contribution in [1.29, 1.82) is 0 Å². The van der Waals surface area contributed by atoms with Gasteiger partial charge in [-0.2, -0.15) is 4.98 Å². The number of rotatable bonds is 5. The first-order valence-corrected chi connectivity index (χ1v) is 8.00. The molecular weight excluding hydrogens is 328 g/mol. The number of fused-ring (bicyclic) bond motifs is 1. The van der Waals surface area contributed by atoms with E-state index in [0.29, 0.717) is 17.3 Å². The molecule has 4 aromatic rings. The average molecular weight is 344 g/mol. The van der Waals surface area contributed by atoms with Crippen LogP contribution in [0, 0.1) is 0 Å². The molecule has 0 atom stereocenters. The van der Waals surface area contributed by atoms with E-state index >= 15 is 0 Å². The van der Waals surface area contributed by atoms with Crippen molar-refractivity contribution in [3.8, 4) is 11.6 Å². The van der Waals surface area contributed by atoms with Gasteiger partial charge < -0.3 is 10.5 Å².